The van der Waals surface area contributed by atoms with Crippen molar-refractivity contribution in [3.63, 3.8) is 0 Å². The molecule has 25 heavy (non-hydrogen) atoms. The Morgan fingerprint density at radius 2 is 1.96 bits per heavy atom. The number of carbonyl (C=O) groups is 1. The minimum Gasteiger partial charge on any atom is -0.356 e. The number of aromatic nitrogens is 1. The van der Waals surface area contributed by atoms with E-state index >= 15 is 0 Å². The molecule has 0 bridgehead atoms. The van der Waals surface area contributed by atoms with Gasteiger partial charge in [0.1, 0.15) is 5.82 Å². The number of nitrogens with zero attached hydrogens (tertiary/aromatic N) is 2. The van der Waals surface area contributed by atoms with Crippen LogP contribution in [-0.4, -0.2) is 30.5 Å². The smallest absolute Gasteiger partial charge is 0.255 e. The van der Waals surface area contributed by atoms with E-state index in [2.05, 4.69) is 60.2 Å². The highest BCUT2D eigenvalue weighted by atomic mass is 16.1. The lowest BCUT2D eigenvalue weighted by atomic mass is 9.84. The Labute approximate surface area is 150 Å². The van der Waals surface area contributed by atoms with E-state index in [0.29, 0.717) is 12.1 Å². The van der Waals surface area contributed by atoms with Gasteiger partial charge in [-0.15, -0.1) is 0 Å². The van der Waals surface area contributed by atoms with Gasteiger partial charge in [0.2, 0.25) is 0 Å². The van der Waals surface area contributed by atoms with Gasteiger partial charge >= 0.3 is 0 Å². The minimum absolute atomic E-state index is 0.0456. The summed E-state index contributed by atoms with van der Waals surface area (Å²) in [6.45, 7) is 8.96. The van der Waals surface area contributed by atoms with Crippen molar-refractivity contribution in [2.24, 2.45) is 0 Å². The first kappa shape index (κ1) is 17.5. The average Bonchev–Trinajstić information content (AvgIpc) is 3.14. The Kier molecular flexibility index (Phi) is 5.07. The molecule has 1 fully saturated rings. The molecule has 1 amide bonds. The third-order valence-electron chi connectivity index (χ3n) is 4.93. The van der Waals surface area contributed by atoms with Crippen LogP contribution in [0, 0.1) is 6.92 Å². The number of amides is 1. The average molecular weight is 337 g/mol. The topological polar surface area (TPSA) is 45.2 Å². The van der Waals surface area contributed by atoms with Crippen LogP contribution in [0.25, 0.3) is 0 Å². The molecule has 0 unspecified atom stereocenters. The third kappa shape index (κ3) is 4.01. The van der Waals surface area contributed by atoms with Crippen LogP contribution in [0.3, 0.4) is 0 Å². The SMILES string of the molecule is Cc1cccc(C(C)(C)CNC(=O)c2cccnc2N2CCCC2)c1. The number of hydrogen-bond acceptors (Lipinski definition) is 3. The number of aryl methyl sites for hydroxylation is 1. The van der Waals surface area contributed by atoms with Gasteiger partial charge in [0.15, 0.2) is 0 Å². The number of anilines is 1. The molecule has 1 saturated heterocycles. The molecule has 0 saturated carbocycles. The highest BCUT2D eigenvalue weighted by Crippen LogP contribution is 2.25. The van der Waals surface area contributed by atoms with E-state index in [1.54, 1.807) is 6.20 Å². The van der Waals surface area contributed by atoms with E-state index in [1.807, 2.05) is 12.1 Å². The largest absolute Gasteiger partial charge is 0.356 e. The summed E-state index contributed by atoms with van der Waals surface area (Å²) in [5, 5.41) is 3.12. The van der Waals surface area contributed by atoms with Gasteiger partial charge in [-0.1, -0.05) is 43.7 Å². The van der Waals surface area contributed by atoms with Gasteiger partial charge in [-0.05, 0) is 37.5 Å². The van der Waals surface area contributed by atoms with E-state index < -0.39 is 0 Å². The lowest BCUT2D eigenvalue weighted by Crippen LogP contribution is -2.37. The van der Waals surface area contributed by atoms with Crippen molar-refractivity contribution in [3.05, 3.63) is 59.3 Å². The molecule has 1 aliphatic heterocycles. The number of rotatable bonds is 5. The van der Waals surface area contributed by atoms with Crippen molar-refractivity contribution in [1.29, 1.82) is 0 Å². The van der Waals surface area contributed by atoms with Gasteiger partial charge in [0.25, 0.3) is 5.91 Å². The molecular weight excluding hydrogens is 310 g/mol. The zero-order chi connectivity index (χ0) is 17.9. The summed E-state index contributed by atoms with van der Waals surface area (Å²) in [7, 11) is 0. The van der Waals surface area contributed by atoms with Crippen LogP contribution in [0.1, 0.15) is 48.2 Å². The van der Waals surface area contributed by atoms with E-state index in [9.17, 15) is 4.79 Å². The molecular formula is C21H27N3O. The molecule has 2 aromatic rings. The molecule has 1 aromatic carbocycles. The van der Waals surface area contributed by atoms with Crippen LogP contribution in [0.5, 0.6) is 0 Å². The van der Waals surface area contributed by atoms with E-state index in [-0.39, 0.29) is 11.3 Å². The number of carbonyl (C=O) groups excluding carboxylic acids is 1. The predicted molar refractivity (Wildman–Crippen MR) is 102 cm³/mol. The van der Waals surface area contributed by atoms with Crippen molar-refractivity contribution in [2.45, 2.75) is 39.0 Å². The monoisotopic (exact) mass is 337 g/mol. The second-order valence-electron chi connectivity index (χ2n) is 7.50. The number of pyridine rings is 1. The summed E-state index contributed by atoms with van der Waals surface area (Å²) in [6.07, 6.45) is 4.09. The van der Waals surface area contributed by atoms with E-state index in [4.69, 9.17) is 0 Å². The second-order valence-corrected chi connectivity index (χ2v) is 7.50. The Morgan fingerprint density at radius 1 is 1.20 bits per heavy atom. The van der Waals surface area contributed by atoms with Crippen molar-refractivity contribution < 1.29 is 4.79 Å². The van der Waals surface area contributed by atoms with Crippen molar-refractivity contribution >= 4 is 11.7 Å². The molecule has 0 spiro atoms. The Hall–Kier alpha value is -2.36. The first-order valence-electron chi connectivity index (χ1n) is 9.03. The maximum atomic E-state index is 12.8. The Morgan fingerprint density at radius 3 is 2.68 bits per heavy atom. The van der Waals surface area contributed by atoms with Crippen LogP contribution < -0.4 is 10.2 Å². The molecule has 3 rings (SSSR count). The lowest BCUT2D eigenvalue weighted by molar-refractivity contribution is 0.0946. The maximum Gasteiger partial charge on any atom is 0.255 e. The fourth-order valence-electron chi connectivity index (χ4n) is 3.32. The molecule has 0 atom stereocenters. The molecule has 132 valence electrons. The summed E-state index contributed by atoms with van der Waals surface area (Å²) < 4.78 is 0. The fourth-order valence-corrected chi connectivity index (χ4v) is 3.32. The van der Waals surface area contributed by atoms with Gasteiger partial charge in [0.05, 0.1) is 5.56 Å². The molecule has 1 N–H and O–H groups in total. The number of nitrogens with one attached hydrogen (secondary N) is 1. The first-order chi connectivity index (χ1) is 12.0. The molecule has 4 heteroatoms. The first-order valence-corrected chi connectivity index (χ1v) is 9.03. The lowest BCUT2D eigenvalue weighted by Gasteiger charge is -2.26. The zero-order valence-electron chi connectivity index (χ0n) is 15.4. The zero-order valence-corrected chi connectivity index (χ0v) is 15.4. The van der Waals surface area contributed by atoms with Crippen molar-refractivity contribution in [2.75, 3.05) is 24.5 Å². The molecule has 0 aliphatic carbocycles. The van der Waals surface area contributed by atoms with Gasteiger partial charge < -0.3 is 10.2 Å². The standard InChI is InChI=1S/C21H27N3O/c1-16-8-6-9-17(14-16)21(2,3)15-23-20(25)18-10-7-11-22-19(18)24-12-4-5-13-24/h6-11,14H,4-5,12-13,15H2,1-3H3,(H,23,25). The third-order valence-corrected chi connectivity index (χ3v) is 4.93. The highest BCUT2D eigenvalue weighted by molar-refractivity contribution is 5.99. The van der Waals surface area contributed by atoms with Crippen LogP contribution in [-0.2, 0) is 5.41 Å². The summed E-state index contributed by atoms with van der Waals surface area (Å²) in [4.78, 5) is 19.5. The fraction of sp³-hybridized carbons (Fsp3) is 0.429. The highest BCUT2D eigenvalue weighted by Gasteiger charge is 2.24. The Bertz CT molecular complexity index is 748. The maximum absolute atomic E-state index is 12.8. The predicted octanol–water partition coefficient (Wildman–Crippen LogP) is 3.70. The van der Waals surface area contributed by atoms with Crippen LogP contribution in [0.2, 0.25) is 0 Å². The van der Waals surface area contributed by atoms with Crippen LogP contribution in [0.15, 0.2) is 42.6 Å². The Balaban J connectivity index is 1.72. The van der Waals surface area contributed by atoms with Crippen molar-refractivity contribution in [1.82, 2.24) is 10.3 Å². The van der Waals surface area contributed by atoms with Gasteiger partial charge in [-0.25, -0.2) is 4.98 Å². The minimum atomic E-state index is -0.127. The van der Waals surface area contributed by atoms with E-state index in [1.165, 1.54) is 11.1 Å². The van der Waals surface area contributed by atoms with Crippen molar-refractivity contribution in [3.8, 4) is 0 Å². The summed E-state index contributed by atoms with van der Waals surface area (Å²) in [5.74, 6) is 0.765. The summed E-state index contributed by atoms with van der Waals surface area (Å²) in [6, 6.07) is 12.2. The van der Waals surface area contributed by atoms with Crippen LogP contribution >= 0.6 is 0 Å². The van der Waals surface area contributed by atoms with Crippen LogP contribution in [0.4, 0.5) is 5.82 Å². The molecule has 4 nitrogen and oxygen atoms in total. The number of hydrogen-bond donors (Lipinski definition) is 1. The summed E-state index contributed by atoms with van der Waals surface area (Å²) in [5.41, 5.74) is 3.02. The normalized spacial score (nSPS) is 14.6. The van der Waals surface area contributed by atoms with Gasteiger partial charge in [-0.3, -0.25) is 4.79 Å². The molecule has 2 heterocycles. The summed E-state index contributed by atoms with van der Waals surface area (Å²) >= 11 is 0. The second kappa shape index (κ2) is 7.26. The molecule has 1 aromatic heterocycles. The quantitative estimate of drug-likeness (QED) is 0.905. The van der Waals surface area contributed by atoms with Gasteiger partial charge in [0, 0.05) is 31.2 Å². The van der Waals surface area contributed by atoms with Gasteiger partial charge in [-0.2, -0.15) is 0 Å². The van der Waals surface area contributed by atoms with E-state index in [0.717, 1.165) is 31.7 Å². The number of benzene rings is 1. The molecule has 0 radical (unpaired) electrons. The molecule has 1 aliphatic rings.